The van der Waals surface area contributed by atoms with E-state index in [1.165, 1.54) is 21.5 Å². The molecule has 0 unspecified atom stereocenters. The highest BCUT2D eigenvalue weighted by Gasteiger charge is 2.19. The van der Waals surface area contributed by atoms with Crippen molar-refractivity contribution in [2.24, 2.45) is 0 Å². The summed E-state index contributed by atoms with van der Waals surface area (Å²) in [5.41, 5.74) is 9.79. The van der Waals surface area contributed by atoms with Crippen LogP contribution in [0, 0.1) is 13.8 Å². The number of aryl methyl sites for hydroxylation is 2. The molecular formula is C20H20NP. The summed E-state index contributed by atoms with van der Waals surface area (Å²) >= 11 is 0. The molecule has 0 bridgehead atoms. The maximum atomic E-state index is 6.44. The molecule has 0 aliphatic heterocycles. The van der Waals surface area contributed by atoms with Gasteiger partial charge in [-0.25, -0.2) is 0 Å². The minimum Gasteiger partial charge on any atom is -0.398 e. The van der Waals surface area contributed by atoms with E-state index in [0.29, 0.717) is 0 Å². The van der Waals surface area contributed by atoms with Gasteiger partial charge in [0.25, 0.3) is 0 Å². The van der Waals surface area contributed by atoms with E-state index in [0.717, 1.165) is 11.3 Å². The minimum absolute atomic E-state index is 0.624. The Labute approximate surface area is 133 Å². The van der Waals surface area contributed by atoms with Crippen LogP contribution >= 0.6 is 7.92 Å². The first kappa shape index (κ1) is 14.8. The smallest absolute Gasteiger partial charge is 0.0428 e. The van der Waals surface area contributed by atoms with Crippen LogP contribution in [0.15, 0.2) is 72.8 Å². The largest absolute Gasteiger partial charge is 0.398 e. The van der Waals surface area contributed by atoms with E-state index in [9.17, 15) is 0 Å². The standard InChI is InChI=1S/C20H20NP/c1-15-13-16(2)20(21)19(14-15)22(17-9-5-3-6-10-17)18-11-7-4-8-12-18/h3-14H,21H2,1-2H3. The van der Waals surface area contributed by atoms with E-state index in [2.05, 4.69) is 86.6 Å². The summed E-state index contributed by atoms with van der Waals surface area (Å²) in [6, 6.07) is 25.8. The first-order chi connectivity index (χ1) is 10.7. The summed E-state index contributed by atoms with van der Waals surface area (Å²) in [6.07, 6.45) is 0. The van der Waals surface area contributed by atoms with Gasteiger partial charge in [0.1, 0.15) is 0 Å². The predicted molar refractivity (Wildman–Crippen MR) is 99.0 cm³/mol. The van der Waals surface area contributed by atoms with E-state index in [1.807, 2.05) is 0 Å². The molecule has 2 heteroatoms. The number of rotatable bonds is 3. The molecule has 0 saturated heterocycles. The zero-order valence-electron chi connectivity index (χ0n) is 13.0. The number of hydrogen-bond acceptors (Lipinski definition) is 1. The van der Waals surface area contributed by atoms with Crippen molar-refractivity contribution in [1.82, 2.24) is 0 Å². The topological polar surface area (TPSA) is 26.0 Å². The summed E-state index contributed by atoms with van der Waals surface area (Å²) < 4.78 is 0. The van der Waals surface area contributed by atoms with Crippen molar-refractivity contribution in [3.05, 3.63) is 83.9 Å². The fraction of sp³-hybridized carbons (Fsp3) is 0.100. The lowest BCUT2D eigenvalue weighted by molar-refractivity contribution is 1.41. The Balaban J connectivity index is 2.23. The van der Waals surface area contributed by atoms with Crippen LogP contribution < -0.4 is 21.6 Å². The number of benzene rings is 3. The van der Waals surface area contributed by atoms with Crippen LogP contribution in [0.25, 0.3) is 0 Å². The lowest BCUT2D eigenvalue weighted by atomic mass is 10.1. The van der Waals surface area contributed by atoms with E-state index in [1.54, 1.807) is 0 Å². The average molecular weight is 305 g/mol. The van der Waals surface area contributed by atoms with Crippen molar-refractivity contribution in [3.63, 3.8) is 0 Å². The zero-order chi connectivity index (χ0) is 15.5. The van der Waals surface area contributed by atoms with E-state index in [-0.39, 0.29) is 0 Å². The maximum Gasteiger partial charge on any atom is 0.0428 e. The highest BCUT2D eigenvalue weighted by atomic mass is 31.1. The monoisotopic (exact) mass is 305 g/mol. The number of nitrogen functional groups attached to an aromatic ring is 1. The van der Waals surface area contributed by atoms with Gasteiger partial charge in [0.15, 0.2) is 0 Å². The third kappa shape index (κ3) is 2.91. The number of hydrogen-bond donors (Lipinski definition) is 1. The third-order valence-electron chi connectivity index (χ3n) is 3.78. The van der Waals surface area contributed by atoms with Gasteiger partial charge in [0, 0.05) is 11.0 Å². The van der Waals surface area contributed by atoms with Crippen LogP contribution in [0.3, 0.4) is 0 Å². The van der Waals surface area contributed by atoms with E-state index in [4.69, 9.17) is 5.73 Å². The summed E-state index contributed by atoms with van der Waals surface area (Å²) in [4.78, 5) is 0. The molecule has 0 atom stereocenters. The zero-order valence-corrected chi connectivity index (χ0v) is 13.8. The second-order valence-electron chi connectivity index (χ2n) is 5.52. The minimum atomic E-state index is -0.624. The molecule has 0 aromatic heterocycles. The second-order valence-corrected chi connectivity index (χ2v) is 7.71. The Morgan fingerprint density at radius 1 is 0.727 bits per heavy atom. The first-order valence-corrected chi connectivity index (χ1v) is 8.78. The Morgan fingerprint density at radius 3 is 1.73 bits per heavy atom. The van der Waals surface area contributed by atoms with Crippen molar-refractivity contribution in [2.45, 2.75) is 13.8 Å². The molecule has 0 aliphatic carbocycles. The van der Waals surface area contributed by atoms with Gasteiger partial charge in [0.2, 0.25) is 0 Å². The summed E-state index contributed by atoms with van der Waals surface area (Å²) in [6.45, 7) is 4.23. The fourth-order valence-corrected chi connectivity index (χ4v) is 5.27. The first-order valence-electron chi connectivity index (χ1n) is 7.44. The van der Waals surface area contributed by atoms with Crippen molar-refractivity contribution < 1.29 is 0 Å². The molecule has 1 nitrogen and oxygen atoms in total. The van der Waals surface area contributed by atoms with Crippen molar-refractivity contribution in [1.29, 1.82) is 0 Å². The highest BCUT2D eigenvalue weighted by molar-refractivity contribution is 7.80. The van der Waals surface area contributed by atoms with Gasteiger partial charge in [0.05, 0.1) is 0 Å². The third-order valence-corrected chi connectivity index (χ3v) is 6.26. The highest BCUT2D eigenvalue weighted by Crippen LogP contribution is 2.36. The van der Waals surface area contributed by atoms with Crippen LogP contribution in [0.1, 0.15) is 11.1 Å². The molecule has 110 valence electrons. The molecule has 22 heavy (non-hydrogen) atoms. The van der Waals surface area contributed by atoms with Crippen molar-refractivity contribution >= 4 is 29.5 Å². The van der Waals surface area contributed by atoms with Gasteiger partial charge in [-0.2, -0.15) is 0 Å². The van der Waals surface area contributed by atoms with Crippen molar-refractivity contribution in [2.75, 3.05) is 5.73 Å². The van der Waals surface area contributed by atoms with Gasteiger partial charge >= 0.3 is 0 Å². The van der Waals surface area contributed by atoms with Gasteiger partial charge in [-0.15, -0.1) is 0 Å². The molecule has 2 N–H and O–H groups in total. The lowest BCUT2D eigenvalue weighted by Crippen LogP contribution is -2.23. The molecule has 0 fully saturated rings. The fourth-order valence-electron chi connectivity index (χ4n) is 2.72. The molecule has 3 aromatic rings. The van der Waals surface area contributed by atoms with Crippen LogP contribution in [0.5, 0.6) is 0 Å². The normalized spacial score (nSPS) is 10.9. The summed E-state index contributed by atoms with van der Waals surface area (Å²) in [5.74, 6) is 0. The molecular weight excluding hydrogens is 285 g/mol. The molecule has 0 saturated carbocycles. The van der Waals surface area contributed by atoms with Gasteiger partial charge < -0.3 is 5.73 Å². The van der Waals surface area contributed by atoms with E-state index >= 15 is 0 Å². The Hall–Kier alpha value is -2.11. The molecule has 3 aromatic carbocycles. The van der Waals surface area contributed by atoms with E-state index < -0.39 is 7.92 Å². The molecule has 0 amide bonds. The van der Waals surface area contributed by atoms with Crippen molar-refractivity contribution in [3.8, 4) is 0 Å². The molecule has 3 rings (SSSR count). The summed E-state index contributed by atoms with van der Waals surface area (Å²) in [5, 5.41) is 3.92. The van der Waals surface area contributed by atoms with Crippen LogP contribution in [0.2, 0.25) is 0 Å². The predicted octanol–water partition coefficient (Wildman–Crippen LogP) is 3.64. The lowest BCUT2D eigenvalue weighted by Gasteiger charge is -2.22. The van der Waals surface area contributed by atoms with Crippen LogP contribution in [-0.4, -0.2) is 0 Å². The number of nitrogens with two attached hydrogens (primary N) is 1. The Kier molecular flexibility index (Phi) is 4.27. The summed E-state index contributed by atoms with van der Waals surface area (Å²) in [7, 11) is -0.624. The maximum absolute atomic E-state index is 6.44. The quantitative estimate of drug-likeness (QED) is 0.580. The molecule has 0 radical (unpaired) electrons. The van der Waals surface area contributed by atoms with Gasteiger partial charge in [-0.05, 0) is 44.0 Å². The molecule has 0 heterocycles. The Morgan fingerprint density at radius 2 is 1.23 bits per heavy atom. The second kappa shape index (κ2) is 6.34. The molecule has 0 spiro atoms. The van der Waals surface area contributed by atoms with Crippen LogP contribution in [0.4, 0.5) is 5.69 Å². The number of anilines is 1. The Bertz CT molecular complexity index is 727. The SMILES string of the molecule is Cc1cc(C)c(N)c(P(c2ccccc2)c2ccccc2)c1. The molecule has 0 aliphatic rings. The average Bonchev–Trinajstić information content (AvgIpc) is 2.54. The van der Waals surface area contributed by atoms with Crippen LogP contribution in [-0.2, 0) is 0 Å². The van der Waals surface area contributed by atoms with Gasteiger partial charge in [-0.1, -0.05) is 72.3 Å². The van der Waals surface area contributed by atoms with Gasteiger partial charge in [-0.3, -0.25) is 0 Å².